The van der Waals surface area contributed by atoms with Crippen molar-refractivity contribution in [3.8, 4) is 6.07 Å². The highest BCUT2D eigenvalue weighted by molar-refractivity contribution is 5.66. The van der Waals surface area contributed by atoms with Crippen LogP contribution < -0.4 is 0 Å². The average Bonchev–Trinajstić information content (AvgIpc) is 2.26. The first kappa shape index (κ1) is 13.8. The summed E-state index contributed by atoms with van der Waals surface area (Å²) in [5.74, 6) is -0.229. The largest absolute Gasteiger partial charge is 0.463 e. The predicted molar refractivity (Wildman–Crippen MR) is 66.1 cm³/mol. The Morgan fingerprint density at radius 3 is 2.65 bits per heavy atom. The Labute approximate surface area is 103 Å². The first-order valence-electron chi connectivity index (χ1n) is 6.32. The molecule has 1 aliphatic rings. The second-order valence-corrected chi connectivity index (χ2v) is 5.01. The molecule has 0 saturated heterocycles. The molecule has 0 aromatic rings. The van der Waals surface area contributed by atoms with Gasteiger partial charge in [0.2, 0.25) is 0 Å². The van der Waals surface area contributed by atoms with Gasteiger partial charge in [-0.3, -0.25) is 4.79 Å². The zero-order valence-corrected chi connectivity index (χ0v) is 10.7. The highest BCUT2D eigenvalue weighted by Gasteiger charge is 2.31. The number of rotatable bonds is 4. The van der Waals surface area contributed by atoms with Crippen molar-refractivity contribution in [2.45, 2.75) is 58.5 Å². The number of nitrogens with zero attached hydrogens (tertiary/aromatic N) is 1. The molecule has 1 aliphatic carbocycles. The highest BCUT2D eigenvalue weighted by Crippen LogP contribution is 2.41. The summed E-state index contributed by atoms with van der Waals surface area (Å²) in [7, 11) is 0. The number of allylic oxidation sites excluding steroid dienone is 2. The van der Waals surface area contributed by atoms with Gasteiger partial charge in [-0.05, 0) is 31.6 Å². The number of carbonyl (C=O) groups is 1. The van der Waals surface area contributed by atoms with Gasteiger partial charge in [0.1, 0.15) is 0 Å². The van der Waals surface area contributed by atoms with Crippen LogP contribution in [0.2, 0.25) is 0 Å². The van der Waals surface area contributed by atoms with Crippen LogP contribution >= 0.6 is 0 Å². The van der Waals surface area contributed by atoms with E-state index in [4.69, 9.17) is 10.00 Å². The van der Waals surface area contributed by atoms with Crippen LogP contribution in [0.25, 0.3) is 0 Å². The molecule has 0 N–H and O–H groups in total. The van der Waals surface area contributed by atoms with Crippen molar-refractivity contribution in [3.05, 3.63) is 12.2 Å². The van der Waals surface area contributed by atoms with E-state index in [2.05, 4.69) is 6.07 Å². The van der Waals surface area contributed by atoms with Crippen molar-refractivity contribution < 1.29 is 9.53 Å². The molecule has 0 aromatic carbocycles. The van der Waals surface area contributed by atoms with Crippen LogP contribution in [0.1, 0.15) is 52.4 Å². The normalized spacial score (nSPS) is 20.8. The molecule has 1 rings (SSSR count). The van der Waals surface area contributed by atoms with Gasteiger partial charge in [-0.2, -0.15) is 5.26 Å². The molecule has 1 atom stereocenters. The number of carbonyl (C=O) groups excluding carboxylic acids is 1. The second-order valence-electron chi connectivity index (χ2n) is 5.01. The topological polar surface area (TPSA) is 50.1 Å². The van der Waals surface area contributed by atoms with E-state index >= 15 is 0 Å². The molecule has 0 amide bonds. The Hall–Kier alpha value is -1.30. The monoisotopic (exact) mass is 235 g/mol. The van der Waals surface area contributed by atoms with Crippen molar-refractivity contribution in [2.75, 3.05) is 0 Å². The van der Waals surface area contributed by atoms with Gasteiger partial charge >= 0.3 is 5.97 Å². The maximum Gasteiger partial charge on any atom is 0.302 e. The second kappa shape index (κ2) is 6.44. The number of hydrogen-bond donors (Lipinski definition) is 0. The number of hydrogen-bond acceptors (Lipinski definition) is 3. The summed E-state index contributed by atoms with van der Waals surface area (Å²) < 4.78 is 5.20. The first-order valence-corrected chi connectivity index (χ1v) is 6.32. The molecular weight excluding hydrogens is 214 g/mol. The summed E-state index contributed by atoms with van der Waals surface area (Å²) in [6.45, 7) is 3.37. The molecule has 0 spiro atoms. The Balaban J connectivity index is 2.66. The molecule has 1 saturated carbocycles. The fourth-order valence-corrected chi connectivity index (χ4v) is 2.81. The molecule has 3 nitrogen and oxygen atoms in total. The lowest BCUT2D eigenvalue weighted by atomic mass is 9.70. The lowest BCUT2D eigenvalue weighted by Crippen LogP contribution is -2.28. The van der Waals surface area contributed by atoms with Crippen molar-refractivity contribution >= 4 is 5.97 Å². The molecular formula is C14H21NO2. The van der Waals surface area contributed by atoms with E-state index in [9.17, 15) is 4.79 Å². The van der Waals surface area contributed by atoms with Gasteiger partial charge in [-0.15, -0.1) is 0 Å². The molecule has 0 bridgehead atoms. The van der Waals surface area contributed by atoms with Gasteiger partial charge in [0.15, 0.2) is 0 Å². The summed E-state index contributed by atoms with van der Waals surface area (Å²) in [5.41, 5.74) is 0.0584. The fraction of sp³-hybridized carbons (Fsp3) is 0.714. The average molecular weight is 235 g/mol. The summed E-state index contributed by atoms with van der Waals surface area (Å²) in [4.78, 5) is 10.9. The maximum atomic E-state index is 10.9. The highest BCUT2D eigenvalue weighted by atomic mass is 16.5. The Morgan fingerprint density at radius 1 is 1.47 bits per heavy atom. The van der Waals surface area contributed by atoms with Gasteiger partial charge in [-0.25, -0.2) is 0 Å². The number of esters is 1. The van der Waals surface area contributed by atoms with Gasteiger partial charge in [-0.1, -0.05) is 25.3 Å². The third-order valence-electron chi connectivity index (χ3n) is 3.42. The third kappa shape index (κ3) is 4.60. The van der Waals surface area contributed by atoms with Crippen molar-refractivity contribution in [1.82, 2.24) is 0 Å². The van der Waals surface area contributed by atoms with Crippen molar-refractivity contribution in [1.29, 1.82) is 5.26 Å². The van der Waals surface area contributed by atoms with Gasteiger partial charge < -0.3 is 4.74 Å². The van der Waals surface area contributed by atoms with Crippen molar-refractivity contribution in [3.63, 3.8) is 0 Å². The molecule has 0 heterocycles. The molecule has 17 heavy (non-hydrogen) atoms. The Bertz CT molecular complexity index is 322. The van der Waals surface area contributed by atoms with E-state index in [0.717, 1.165) is 19.3 Å². The zero-order valence-electron chi connectivity index (χ0n) is 10.7. The lowest BCUT2D eigenvalue weighted by Gasteiger charge is -2.36. The number of nitriles is 1. The van der Waals surface area contributed by atoms with Crippen LogP contribution in [-0.4, -0.2) is 12.1 Å². The Kier molecular flexibility index (Phi) is 5.21. The fourth-order valence-electron chi connectivity index (χ4n) is 2.81. The molecule has 3 heteroatoms. The van der Waals surface area contributed by atoms with Crippen LogP contribution in [0.5, 0.6) is 0 Å². The molecule has 0 radical (unpaired) electrons. The molecule has 0 aliphatic heterocycles. The molecule has 1 fully saturated rings. The van der Waals surface area contributed by atoms with Crippen LogP contribution in [0.4, 0.5) is 0 Å². The van der Waals surface area contributed by atoms with Gasteiger partial charge in [0, 0.05) is 13.0 Å². The molecule has 1 unspecified atom stereocenters. The summed E-state index contributed by atoms with van der Waals surface area (Å²) in [5, 5.41) is 8.67. The minimum absolute atomic E-state index is 0.0584. The molecule has 94 valence electrons. The van der Waals surface area contributed by atoms with E-state index < -0.39 is 0 Å². The van der Waals surface area contributed by atoms with Crippen LogP contribution in [0, 0.1) is 16.7 Å². The van der Waals surface area contributed by atoms with Crippen LogP contribution in [0.3, 0.4) is 0 Å². The van der Waals surface area contributed by atoms with Gasteiger partial charge in [0.05, 0.1) is 12.2 Å². The van der Waals surface area contributed by atoms with Crippen LogP contribution in [0.15, 0.2) is 12.2 Å². The van der Waals surface area contributed by atoms with E-state index in [1.165, 1.54) is 26.2 Å². The minimum Gasteiger partial charge on any atom is -0.463 e. The summed E-state index contributed by atoms with van der Waals surface area (Å²) >= 11 is 0. The standard InChI is InChI=1S/C14H21NO2/c1-12(17-13(2)16)11-14(9-6-10-15)7-4-3-5-8-14/h6,9,12H,3-5,7-8,11H2,1-2H3/b9-6-. The summed E-state index contributed by atoms with van der Waals surface area (Å²) in [6, 6.07) is 2.07. The Morgan fingerprint density at radius 2 is 2.12 bits per heavy atom. The van der Waals surface area contributed by atoms with E-state index in [0.29, 0.717) is 0 Å². The minimum atomic E-state index is -0.229. The number of ether oxygens (including phenoxy) is 1. The zero-order chi connectivity index (χ0) is 12.7. The quantitative estimate of drug-likeness (QED) is 0.554. The van der Waals surface area contributed by atoms with Gasteiger partial charge in [0.25, 0.3) is 0 Å². The van der Waals surface area contributed by atoms with Crippen LogP contribution in [-0.2, 0) is 9.53 Å². The maximum absolute atomic E-state index is 10.9. The summed E-state index contributed by atoms with van der Waals surface area (Å²) in [6.07, 6.45) is 10.2. The smallest absolute Gasteiger partial charge is 0.302 e. The molecule has 0 aromatic heterocycles. The SMILES string of the molecule is CC(=O)OC(C)CC1(/C=C\C#N)CCCCC1. The van der Waals surface area contributed by atoms with E-state index in [1.807, 2.05) is 13.0 Å². The van der Waals surface area contributed by atoms with E-state index in [-0.39, 0.29) is 17.5 Å². The van der Waals surface area contributed by atoms with E-state index in [1.54, 1.807) is 6.08 Å². The predicted octanol–water partition coefficient (Wildman–Crippen LogP) is 3.36. The third-order valence-corrected chi connectivity index (χ3v) is 3.42. The first-order chi connectivity index (χ1) is 8.08. The van der Waals surface area contributed by atoms with Crippen molar-refractivity contribution in [2.24, 2.45) is 5.41 Å². The lowest BCUT2D eigenvalue weighted by molar-refractivity contribution is -0.146.